The third-order valence-corrected chi connectivity index (χ3v) is 5.44. The summed E-state index contributed by atoms with van der Waals surface area (Å²) in [6, 6.07) is 0.739. The van der Waals surface area contributed by atoms with Gasteiger partial charge >= 0.3 is 0 Å². The van der Waals surface area contributed by atoms with E-state index in [1.54, 1.807) is 0 Å². The van der Waals surface area contributed by atoms with E-state index in [0.29, 0.717) is 23.0 Å². The second kappa shape index (κ2) is 5.95. The van der Waals surface area contributed by atoms with Crippen molar-refractivity contribution in [3.05, 3.63) is 0 Å². The van der Waals surface area contributed by atoms with Crippen molar-refractivity contribution in [1.82, 2.24) is 4.90 Å². The Morgan fingerprint density at radius 2 is 1.79 bits per heavy atom. The van der Waals surface area contributed by atoms with Gasteiger partial charge in [-0.25, -0.2) is 0 Å². The molecule has 19 heavy (non-hydrogen) atoms. The van der Waals surface area contributed by atoms with Gasteiger partial charge in [-0.05, 0) is 44.1 Å². The molecule has 2 fully saturated rings. The van der Waals surface area contributed by atoms with Crippen LogP contribution >= 0.6 is 0 Å². The molecule has 0 aliphatic heterocycles. The summed E-state index contributed by atoms with van der Waals surface area (Å²) in [6.45, 7) is 7.97. The quantitative estimate of drug-likeness (QED) is 0.771. The SMILES string of the molecule is CN(CC1CC(C(C)(C)C)CCC1=O)C1CCCC1. The van der Waals surface area contributed by atoms with Crippen molar-refractivity contribution < 1.29 is 4.79 Å². The summed E-state index contributed by atoms with van der Waals surface area (Å²) in [4.78, 5) is 14.7. The molecule has 0 amide bonds. The van der Waals surface area contributed by atoms with Crippen LogP contribution in [0.1, 0.15) is 65.7 Å². The van der Waals surface area contributed by atoms with Crippen molar-refractivity contribution >= 4 is 5.78 Å². The highest BCUT2D eigenvalue weighted by atomic mass is 16.1. The van der Waals surface area contributed by atoms with Gasteiger partial charge in [0.2, 0.25) is 0 Å². The van der Waals surface area contributed by atoms with E-state index in [4.69, 9.17) is 0 Å². The summed E-state index contributed by atoms with van der Waals surface area (Å²) in [6.07, 6.45) is 8.44. The first-order valence-corrected chi connectivity index (χ1v) is 8.11. The zero-order chi connectivity index (χ0) is 14.0. The maximum absolute atomic E-state index is 12.2. The molecule has 2 nitrogen and oxygen atoms in total. The van der Waals surface area contributed by atoms with Gasteiger partial charge in [0.15, 0.2) is 0 Å². The molecule has 2 aliphatic carbocycles. The second-order valence-corrected chi connectivity index (χ2v) is 7.88. The molecule has 2 unspecified atom stereocenters. The Morgan fingerprint density at radius 3 is 2.37 bits per heavy atom. The highest BCUT2D eigenvalue weighted by Gasteiger charge is 2.36. The lowest BCUT2D eigenvalue weighted by molar-refractivity contribution is -0.127. The van der Waals surface area contributed by atoms with Crippen molar-refractivity contribution in [1.29, 1.82) is 0 Å². The van der Waals surface area contributed by atoms with Crippen molar-refractivity contribution in [3.63, 3.8) is 0 Å². The Kier molecular flexibility index (Phi) is 4.70. The van der Waals surface area contributed by atoms with E-state index < -0.39 is 0 Å². The van der Waals surface area contributed by atoms with Crippen LogP contribution in [0.3, 0.4) is 0 Å². The minimum atomic E-state index is 0.295. The normalized spacial score (nSPS) is 30.3. The number of hydrogen-bond donors (Lipinski definition) is 0. The molecule has 2 rings (SSSR count). The van der Waals surface area contributed by atoms with E-state index in [1.807, 2.05) is 0 Å². The molecular formula is C17H31NO. The highest BCUT2D eigenvalue weighted by Crippen LogP contribution is 2.39. The van der Waals surface area contributed by atoms with Gasteiger partial charge in [-0.1, -0.05) is 33.6 Å². The lowest BCUT2D eigenvalue weighted by Gasteiger charge is -2.39. The van der Waals surface area contributed by atoms with Crippen LogP contribution in [0, 0.1) is 17.3 Å². The maximum atomic E-state index is 12.2. The molecule has 0 spiro atoms. The monoisotopic (exact) mass is 265 g/mol. The molecule has 0 N–H and O–H groups in total. The number of nitrogens with zero attached hydrogens (tertiary/aromatic N) is 1. The Morgan fingerprint density at radius 1 is 1.16 bits per heavy atom. The summed E-state index contributed by atoms with van der Waals surface area (Å²) < 4.78 is 0. The zero-order valence-electron chi connectivity index (χ0n) is 13.2. The van der Waals surface area contributed by atoms with Gasteiger partial charge in [0.25, 0.3) is 0 Å². The van der Waals surface area contributed by atoms with Crippen molar-refractivity contribution in [2.75, 3.05) is 13.6 Å². The molecule has 110 valence electrons. The van der Waals surface area contributed by atoms with Crippen LogP contribution in [0.2, 0.25) is 0 Å². The van der Waals surface area contributed by atoms with E-state index >= 15 is 0 Å². The van der Waals surface area contributed by atoms with Crippen LogP contribution in [-0.2, 0) is 4.79 Å². The van der Waals surface area contributed by atoms with Gasteiger partial charge in [0.1, 0.15) is 5.78 Å². The van der Waals surface area contributed by atoms with Crippen LogP contribution in [0.15, 0.2) is 0 Å². The van der Waals surface area contributed by atoms with Crippen LogP contribution in [0.25, 0.3) is 0 Å². The van der Waals surface area contributed by atoms with Crippen molar-refractivity contribution in [2.24, 2.45) is 17.3 Å². The molecule has 0 heterocycles. The Hall–Kier alpha value is -0.370. The van der Waals surface area contributed by atoms with Crippen molar-refractivity contribution in [2.45, 2.75) is 71.8 Å². The summed E-state index contributed by atoms with van der Waals surface area (Å²) >= 11 is 0. The van der Waals surface area contributed by atoms with Crippen LogP contribution in [0.4, 0.5) is 0 Å². The van der Waals surface area contributed by atoms with Gasteiger partial charge in [-0.15, -0.1) is 0 Å². The lowest BCUT2D eigenvalue weighted by atomic mass is 9.68. The Balaban J connectivity index is 1.91. The number of hydrogen-bond acceptors (Lipinski definition) is 2. The zero-order valence-corrected chi connectivity index (χ0v) is 13.2. The minimum Gasteiger partial charge on any atom is -0.303 e. The molecule has 0 saturated heterocycles. The number of Topliss-reactive ketones (excluding diaryl/α,β-unsaturated/α-hetero) is 1. The lowest BCUT2D eigenvalue weighted by Crippen LogP contribution is -2.40. The van der Waals surface area contributed by atoms with Gasteiger partial charge in [-0.2, -0.15) is 0 Å². The van der Waals surface area contributed by atoms with Crippen LogP contribution in [0.5, 0.6) is 0 Å². The largest absolute Gasteiger partial charge is 0.303 e. The third kappa shape index (κ3) is 3.81. The standard InChI is InChI=1S/C17H31NO/c1-17(2,3)14-9-10-16(19)13(11-14)12-18(4)15-7-5-6-8-15/h13-15H,5-12H2,1-4H3. The molecule has 0 aromatic carbocycles. The molecule has 2 saturated carbocycles. The van der Waals surface area contributed by atoms with Crippen molar-refractivity contribution in [3.8, 4) is 0 Å². The summed E-state index contributed by atoms with van der Waals surface area (Å²) in [5.74, 6) is 1.53. The first-order chi connectivity index (χ1) is 8.88. The molecule has 0 bridgehead atoms. The molecule has 2 atom stereocenters. The first-order valence-electron chi connectivity index (χ1n) is 8.11. The topological polar surface area (TPSA) is 20.3 Å². The first kappa shape index (κ1) is 15.0. The molecule has 0 aromatic rings. The van der Waals surface area contributed by atoms with E-state index in [1.165, 1.54) is 25.7 Å². The summed E-state index contributed by atoms with van der Waals surface area (Å²) in [7, 11) is 2.23. The summed E-state index contributed by atoms with van der Waals surface area (Å²) in [5, 5.41) is 0. The predicted molar refractivity (Wildman–Crippen MR) is 80.2 cm³/mol. The number of ketones is 1. The van der Waals surface area contributed by atoms with Crippen LogP contribution in [-0.4, -0.2) is 30.3 Å². The second-order valence-electron chi connectivity index (χ2n) is 7.88. The number of rotatable bonds is 3. The van der Waals surface area contributed by atoms with E-state index in [2.05, 4.69) is 32.7 Å². The molecular weight excluding hydrogens is 234 g/mol. The fourth-order valence-corrected chi connectivity index (χ4v) is 3.92. The van der Waals surface area contributed by atoms with Gasteiger partial charge in [0, 0.05) is 24.9 Å². The fourth-order valence-electron chi connectivity index (χ4n) is 3.92. The fraction of sp³-hybridized carbons (Fsp3) is 0.941. The third-order valence-electron chi connectivity index (χ3n) is 5.44. The molecule has 2 aliphatic rings. The Bertz CT molecular complexity index is 312. The maximum Gasteiger partial charge on any atom is 0.137 e. The smallest absolute Gasteiger partial charge is 0.137 e. The van der Waals surface area contributed by atoms with Crippen LogP contribution < -0.4 is 0 Å². The Labute approximate surface area is 118 Å². The molecule has 0 aromatic heterocycles. The predicted octanol–water partition coefficient (Wildman–Crippen LogP) is 3.89. The minimum absolute atomic E-state index is 0.295. The van der Waals surface area contributed by atoms with E-state index in [0.717, 1.165) is 31.8 Å². The van der Waals surface area contributed by atoms with Gasteiger partial charge < -0.3 is 4.90 Å². The molecule has 0 radical (unpaired) electrons. The number of carbonyl (C=O) groups is 1. The van der Waals surface area contributed by atoms with E-state index in [9.17, 15) is 4.79 Å². The highest BCUT2D eigenvalue weighted by molar-refractivity contribution is 5.82. The van der Waals surface area contributed by atoms with Gasteiger partial charge in [-0.3, -0.25) is 4.79 Å². The average Bonchev–Trinajstić information content (AvgIpc) is 2.84. The molecule has 2 heteroatoms. The summed E-state index contributed by atoms with van der Waals surface area (Å²) in [5.41, 5.74) is 0.352. The average molecular weight is 265 g/mol. The van der Waals surface area contributed by atoms with Gasteiger partial charge in [0.05, 0.1) is 0 Å². The number of carbonyl (C=O) groups excluding carboxylic acids is 1. The van der Waals surface area contributed by atoms with E-state index in [-0.39, 0.29) is 0 Å².